The van der Waals surface area contributed by atoms with Gasteiger partial charge in [-0.05, 0) is 37.1 Å². The molecule has 0 N–H and O–H groups in total. The van der Waals surface area contributed by atoms with Gasteiger partial charge in [0.25, 0.3) is 0 Å². The number of nitrogens with zero attached hydrogens (tertiary/aromatic N) is 3. The number of carbonyl (C=O) groups is 1. The van der Waals surface area contributed by atoms with Gasteiger partial charge >= 0.3 is 0 Å². The summed E-state index contributed by atoms with van der Waals surface area (Å²) in [6, 6.07) is 19.7. The Balaban J connectivity index is 1.52. The van der Waals surface area contributed by atoms with Crippen LogP contribution in [0.5, 0.6) is 5.75 Å². The van der Waals surface area contributed by atoms with E-state index in [9.17, 15) is 4.79 Å². The third kappa shape index (κ3) is 4.90. The number of benzene rings is 2. The molecule has 5 heteroatoms. The van der Waals surface area contributed by atoms with Crippen molar-refractivity contribution >= 4 is 11.6 Å². The SMILES string of the molecule is CCC(=O)N(c1ccccc1)C1CCN(CCOc2ccccc2C#N)CC1. The number of likely N-dealkylation sites (tertiary alicyclic amines) is 1. The molecule has 0 spiro atoms. The van der Waals surface area contributed by atoms with Crippen molar-refractivity contribution < 1.29 is 9.53 Å². The van der Waals surface area contributed by atoms with Crippen LogP contribution < -0.4 is 9.64 Å². The molecule has 3 rings (SSSR count). The molecule has 146 valence electrons. The highest BCUT2D eigenvalue weighted by Gasteiger charge is 2.28. The number of hydrogen-bond donors (Lipinski definition) is 0. The van der Waals surface area contributed by atoms with E-state index in [-0.39, 0.29) is 11.9 Å². The Morgan fingerprint density at radius 3 is 2.50 bits per heavy atom. The second-order valence-corrected chi connectivity index (χ2v) is 6.98. The van der Waals surface area contributed by atoms with Crippen LogP contribution in [0.3, 0.4) is 0 Å². The number of piperidine rings is 1. The van der Waals surface area contributed by atoms with Gasteiger partial charge in [0.2, 0.25) is 5.91 Å². The van der Waals surface area contributed by atoms with Crippen molar-refractivity contribution in [2.75, 3.05) is 31.1 Å². The highest BCUT2D eigenvalue weighted by atomic mass is 16.5. The lowest BCUT2D eigenvalue weighted by molar-refractivity contribution is -0.119. The van der Waals surface area contributed by atoms with Gasteiger partial charge in [0, 0.05) is 37.8 Å². The van der Waals surface area contributed by atoms with Crippen molar-refractivity contribution in [1.29, 1.82) is 5.26 Å². The largest absolute Gasteiger partial charge is 0.491 e. The Bertz CT molecular complexity index is 808. The molecule has 1 aliphatic heterocycles. The summed E-state index contributed by atoms with van der Waals surface area (Å²) in [6.07, 6.45) is 2.42. The van der Waals surface area contributed by atoms with Crippen molar-refractivity contribution in [3.05, 3.63) is 60.2 Å². The molecule has 0 radical (unpaired) electrons. The highest BCUT2D eigenvalue weighted by Crippen LogP contribution is 2.24. The van der Waals surface area contributed by atoms with Gasteiger partial charge in [-0.1, -0.05) is 37.3 Å². The predicted molar refractivity (Wildman–Crippen MR) is 110 cm³/mol. The lowest BCUT2D eigenvalue weighted by Crippen LogP contribution is -2.48. The molecule has 0 unspecified atom stereocenters. The van der Waals surface area contributed by atoms with Crippen molar-refractivity contribution in [1.82, 2.24) is 4.90 Å². The molecule has 0 bridgehead atoms. The minimum absolute atomic E-state index is 0.182. The molecule has 0 aromatic heterocycles. The topological polar surface area (TPSA) is 56.6 Å². The Kier molecular flexibility index (Phi) is 7.05. The standard InChI is InChI=1S/C23H27N3O2/c1-2-23(27)26(20-9-4-3-5-10-20)21-12-14-25(15-13-21)16-17-28-22-11-7-6-8-19(22)18-24/h3-11,21H,2,12-17H2,1H3. The minimum atomic E-state index is 0.182. The van der Waals surface area contributed by atoms with E-state index in [4.69, 9.17) is 10.00 Å². The molecule has 1 fully saturated rings. The lowest BCUT2D eigenvalue weighted by Gasteiger charge is -2.38. The number of carbonyl (C=O) groups excluding carboxylic acids is 1. The first-order valence-electron chi connectivity index (χ1n) is 9.94. The molecule has 28 heavy (non-hydrogen) atoms. The molecular weight excluding hydrogens is 350 g/mol. The second-order valence-electron chi connectivity index (χ2n) is 6.98. The third-order valence-corrected chi connectivity index (χ3v) is 5.20. The van der Waals surface area contributed by atoms with Gasteiger partial charge in [-0.3, -0.25) is 9.69 Å². The second kappa shape index (κ2) is 9.91. The fourth-order valence-corrected chi connectivity index (χ4v) is 3.69. The van der Waals surface area contributed by atoms with E-state index in [2.05, 4.69) is 11.0 Å². The number of rotatable bonds is 7. The van der Waals surface area contributed by atoms with Gasteiger partial charge in [0.15, 0.2) is 0 Å². The molecule has 0 atom stereocenters. The van der Waals surface area contributed by atoms with Gasteiger partial charge < -0.3 is 9.64 Å². The smallest absolute Gasteiger partial charge is 0.226 e. The molecule has 1 amide bonds. The quantitative estimate of drug-likeness (QED) is 0.735. The number of anilines is 1. The fraction of sp³-hybridized carbons (Fsp3) is 0.391. The summed E-state index contributed by atoms with van der Waals surface area (Å²) in [6.45, 7) is 5.17. The van der Waals surface area contributed by atoms with Crippen LogP contribution >= 0.6 is 0 Å². The molecule has 5 nitrogen and oxygen atoms in total. The maximum atomic E-state index is 12.5. The predicted octanol–water partition coefficient (Wildman–Crippen LogP) is 3.84. The summed E-state index contributed by atoms with van der Waals surface area (Å²) < 4.78 is 5.80. The average molecular weight is 377 g/mol. The van der Waals surface area contributed by atoms with Gasteiger partial charge in [0.05, 0.1) is 5.56 Å². The Labute approximate surface area is 167 Å². The molecule has 1 heterocycles. The van der Waals surface area contributed by atoms with Crippen LogP contribution in [0.15, 0.2) is 54.6 Å². The Hall–Kier alpha value is -2.84. The molecular formula is C23H27N3O2. The van der Waals surface area contributed by atoms with Crippen LogP contribution in [0.25, 0.3) is 0 Å². The normalized spacial score (nSPS) is 15.0. The van der Waals surface area contributed by atoms with E-state index < -0.39 is 0 Å². The lowest BCUT2D eigenvalue weighted by atomic mass is 10.0. The van der Waals surface area contributed by atoms with Gasteiger partial charge in [-0.25, -0.2) is 0 Å². The summed E-state index contributed by atoms with van der Waals surface area (Å²) in [5.74, 6) is 0.824. The Morgan fingerprint density at radius 1 is 1.14 bits per heavy atom. The molecule has 2 aromatic rings. The summed E-state index contributed by atoms with van der Waals surface area (Å²) >= 11 is 0. The van der Waals surface area contributed by atoms with Gasteiger partial charge in [-0.15, -0.1) is 0 Å². The van der Waals surface area contributed by atoms with Crippen molar-refractivity contribution in [3.8, 4) is 11.8 Å². The number of ether oxygens (including phenoxy) is 1. The zero-order chi connectivity index (χ0) is 19.8. The van der Waals surface area contributed by atoms with Gasteiger partial charge in [-0.2, -0.15) is 5.26 Å². The third-order valence-electron chi connectivity index (χ3n) is 5.20. The first kappa shape index (κ1) is 19.9. The van der Waals surface area contributed by atoms with Crippen molar-refractivity contribution in [3.63, 3.8) is 0 Å². The van der Waals surface area contributed by atoms with Crippen molar-refractivity contribution in [2.24, 2.45) is 0 Å². The van der Waals surface area contributed by atoms with Crippen molar-refractivity contribution in [2.45, 2.75) is 32.2 Å². The fourth-order valence-electron chi connectivity index (χ4n) is 3.69. The summed E-state index contributed by atoms with van der Waals surface area (Å²) in [5, 5.41) is 9.13. The maximum Gasteiger partial charge on any atom is 0.226 e. The van der Waals surface area contributed by atoms with E-state index in [1.807, 2.05) is 60.4 Å². The van der Waals surface area contributed by atoms with Crippen LogP contribution in [0, 0.1) is 11.3 Å². The maximum absolute atomic E-state index is 12.5. The Morgan fingerprint density at radius 2 is 1.82 bits per heavy atom. The highest BCUT2D eigenvalue weighted by molar-refractivity contribution is 5.93. The van der Waals surface area contributed by atoms with E-state index >= 15 is 0 Å². The van der Waals surface area contributed by atoms with E-state index in [0.29, 0.717) is 24.3 Å². The zero-order valence-electron chi connectivity index (χ0n) is 16.4. The van der Waals surface area contributed by atoms with Crippen LogP contribution in [-0.2, 0) is 4.79 Å². The molecule has 0 saturated carbocycles. The zero-order valence-corrected chi connectivity index (χ0v) is 16.4. The van der Waals surface area contributed by atoms with E-state index in [1.54, 1.807) is 6.07 Å². The molecule has 0 aliphatic carbocycles. The van der Waals surface area contributed by atoms with Gasteiger partial charge in [0.1, 0.15) is 18.4 Å². The monoisotopic (exact) mass is 377 g/mol. The van der Waals surface area contributed by atoms with Crippen LogP contribution in [0.4, 0.5) is 5.69 Å². The first-order chi connectivity index (χ1) is 13.7. The summed E-state index contributed by atoms with van der Waals surface area (Å²) in [7, 11) is 0. The van der Waals surface area contributed by atoms with E-state index in [0.717, 1.165) is 38.2 Å². The average Bonchev–Trinajstić information content (AvgIpc) is 2.76. The number of hydrogen-bond acceptors (Lipinski definition) is 4. The molecule has 1 aliphatic rings. The number of para-hydroxylation sites is 2. The first-order valence-corrected chi connectivity index (χ1v) is 9.94. The molecule has 2 aromatic carbocycles. The number of nitriles is 1. The number of amides is 1. The summed E-state index contributed by atoms with van der Waals surface area (Å²) in [4.78, 5) is 16.9. The van der Waals surface area contributed by atoms with Crippen LogP contribution in [-0.4, -0.2) is 43.1 Å². The van der Waals surface area contributed by atoms with E-state index in [1.165, 1.54) is 0 Å². The van der Waals surface area contributed by atoms with Crippen LogP contribution in [0.1, 0.15) is 31.7 Å². The summed E-state index contributed by atoms with van der Waals surface area (Å²) in [5.41, 5.74) is 1.56. The van der Waals surface area contributed by atoms with Crippen LogP contribution in [0.2, 0.25) is 0 Å². The minimum Gasteiger partial charge on any atom is -0.491 e. The molecule has 1 saturated heterocycles.